The Kier molecular flexibility index (Phi) is 6.36. The molecule has 19 heavy (non-hydrogen) atoms. The Hall–Kier alpha value is -1.55. The normalized spacial score (nSPS) is 10.6. The zero-order valence-electron chi connectivity index (χ0n) is 12.2. The van der Waals surface area contributed by atoms with Gasteiger partial charge in [-0.25, -0.2) is 0 Å². The molecule has 0 saturated heterocycles. The number of rotatable bonds is 7. The van der Waals surface area contributed by atoms with Crippen LogP contribution in [-0.2, 0) is 9.53 Å². The fourth-order valence-corrected chi connectivity index (χ4v) is 1.84. The summed E-state index contributed by atoms with van der Waals surface area (Å²) >= 11 is 0. The van der Waals surface area contributed by atoms with Crippen molar-refractivity contribution in [3.63, 3.8) is 0 Å². The quantitative estimate of drug-likeness (QED) is 0.708. The molecule has 0 aliphatic rings. The van der Waals surface area contributed by atoms with Crippen LogP contribution in [-0.4, -0.2) is 44.2 Å². The summed E-state index contributed by atoms with van der Waals surface area (Å²) in [5.41, 5.74) is 2.38. The van der Waals surface area contributed by atoms with Gasteiger partial charge in [-0.05, 0) is 51.1 Å². The number of ether oxygens (including phenoxy) is 2. The fraction of sp³-hybridized carbons (Fsp3) is 0.533. The predicted molar refractivity (Wildman–Crippen MR) is 75.5 cm³/mol. The maximum atomic E-state index is 11.3. The minimum atomic E-state index is -0.198. The number of carbonyl (C=O) groups is 1. The third kappa shape index (κ3) is 6.25. The zero-order valence-corrected chi connectivity index (χ0v) is 12.2. The minimum absolute atomic E-state index is 0.198. The Labute approximate surface area is 115 Å². The molecule has 0 atom stereocenters. The van der Waals surface area contributed by atoms with Crippen molar-refractivity contribution >= 4 is 5.97 Å². The Morgan fingerprint density at radius 2 is 1.84 bits per heavy atom. The highest BCUT2D eigenvalue weighted by molar-refractivity contribution is 5.71. The van der Waals surface area contributed by atoms with Crippen molar-refractivity contribution in [2.24, 2.45) is 0 Å². The van der Waals surface area contributed by atoms with E-state index in [1.165, 1.54) is 11.1 Å². The SMILES string of the molecule is CCOC(=O)CN(C)CCOc1cc(C)cc(C)c1. The van der Waals surface area contributed by atoms with Gasteiger partial charge in [0.25, 0.3) is 0 Å². The summed E-state index contributed by atoms with van der Waals surface area (Å²) in [7, 11) is 1.88. The van der Waals surface area contributed by atoms with Gasteiger partial charge in [0.05, 0.1) is 13.2 Å². The monoisotopic (exact) mass is 265 g/mol. The maximum absolute atomic E-state index is 11.3. The first-order valence-corrected chi connectivity index (χ1v) is 6.56. The van der Waals surface area contributed by atoms with Crippen LogP contribution in [0.5, 0.6) is 5.75 Å². The predicted octanol–water partition coefficient (Wildman–Crippen LogP) is 2.18. The van der Waals surface area contributed by atoms with Gasteiger partial charge in [0, 0.05) is 6.54 Å². The van der Waals surface area contributed by atoms with Crippen molar-refractivity contribution in [2.75, 3.05) is 33.4 Å². The molecule has 0 unspecified atom stereocenters. The first-order chi connectivity index (χ1) is 9.01. The van der Waals surface area contributed by atoms with Crippen LogP contribution in [0.15, 0.2) is 18.2 Å². The summed E-state index contributed by atoms with van der Waals surface area (Å²) in [6, 6.07) is 6.14. The van der Waals surface area contributed by atoms with E-state index in [1.54, 1.807) is 6.92 Å². The Bertz CT molecular complexity index is 398. The molecule has 0 heterocycles. The van der Waals surface area contributed by atoms with Crippen LogP contribution in [0, 0.1) is 13.8 Å². The standard InChI is InChI=1S/C15H23NO3/c1-5-18-15(17)11-16(4)6-7-19-14-9-12(2)8-13(3)10-14/h8-10H,5-7,11H2,1-4H3. The van der Waals surface area contributed by atoms with E-state index >= 15 is 0 Å². The molecule has 1 rings (SSSR count). The molecule has 0 radical (unpaired) electrons. The lowest BCUT2D eigenvalue weighted by Gasteiger charge is -2.16. The van der Waals surface area contributed by atoms with Gasteiger partial charge in [0.2, 0.25) is 0 Å². The summed E-state index contributed by atoms with van der Waals surface area (Å²) in [5.74, 6) is 0.679. The number of likely N-dealkylation sites (N-methyl/N-ethyl adjacent to an activating group) is 1. The number of benzene rings is 1. The van der Waals surface area contributed by atoms with Crippen molar-refractivity contribution in [3.05, 3.63) is 29.3 Å². The van der Waals surface area contributed by atoms with Gasteiger partial charge < -0.3 is 9.47 Å². The molecule has 0 aromatic heterocycles. The lowest BCUT2D eigenvalue weighted by atomic mass is 10.1. The number of hydrogen-bond donors (Lipinski definition) is 0. The van der Waals surface area contributed by atoms with Gasteiger partial charge in [0.15, 0.2) is 0 Å². The molecule has 0 saturated carbocycles. The van der Waals surface area contributed by atoms with Crippen molar-refractivity contribution in [1.29, 1.82) is 0 Å². The van der Waals surface area contributed by atoms with Crippen molar-refractivity contribution in [1.82, 2.24) is 4.90 Å². The molecular formula is C15H23NO3. The average Bonchev–Trinajstić information content (AvgIpc) is 2.27. The van der Waals surface area contributed by atoms with Gasteiger partial charge >= 0.3 is 5.97 Å². The van der Waals surface area contributed by atoms with Gasteiger partial charge in [-0.2, -0.15) is 0 Å². The molecule has 0 N–H and O–H groups in total. The summed E-state index contributed by atoms with van der Waals surface area (Å²) in [6.07, 6.45) is 0. The van der Waals surface area contributed by atoms with Crippen LogP contribution in [0.4, 0.5) is 0 Å². The van der Waals surface area contributed by atoms with E-state index in [2.05, 4.69) is 6.07 Å². The van der Waals surface area contributed by atoms with Crippen LogP contribution >= 0.6 is 0 Å². The summed E-state index contributed by atoms with van der Waals surface area (Å²) in [6.45, 7) is 7.86. The van der Waals surface area contributed by atoms with E-state index in [1.807, 2.05) is 37.9 Å². The van der Waals surface area contributed by atoms with E-state index in [-0.39, 0.29) is 5.97 Å². The molecule has 0 bridgehead atoms. The van der Waals surface area contributed by atoms with Crippen molar-refractivity contribution < 1.29 is 14.3 Å². The number of nitrogens with zero attached hydrogens (tertiary/aromatic N) is 1. The molecule has 0 amide bonds. The largest absolute Gasteiger partial charge is 0.492 e. The highest BCUT2D eigenvalue weighted by Crippen LogP contribution is 2.15. The van der Waals surface area contributed by atoms with Crippen LogP contribution < -0.4 is 4.74 Å². The zero-order chi connectivity index (χ0) is 14.3. The van der Waals surface area contributed by atoms with Gasteiger partial charge in [-0.3, -0.25) is 9.69 Å². The molecule has 4 nitrogen and oxygen atoms in total. The maximum Gasteiger partial charge on any atom is 0.320 e. The van der Waals surface area contributed by atoms with Crippen LogP contribution in [0.3, 0.4) is 0 Å². The second-order valence-electron chi connectivity index (χ2n) is 4.71. The molecule has 1 aromatic rings. The third-order valence-corrected chi connectivity index (χ3v) is 2.64. The van der Waals surface area contributed by atoms with E-state index < -0.39 is 0 Å². The Morgan fingerprint density at radius 3 is 2.42 bits per heavy atom. The topological polar surface area (TPSA) is 38.8 Å². The Morgan fingerprint density at radius 1 is 1.21 bits per heavy atom. The molecule has 0 spiro atoms. The lowest BCUT2D eigenvalue weighted by molar-refractivity contribution is -0.144. The van der Waals surface area contributed by atoms with Crippen LogP contribution in [0.25, 0.3) is 0 Å². The van der Waals surface area contributed by atoms with E-state index in [4.69, 9.17) is 9.47 Å². The van der Waals surface area contributed by atoms with Gasteiger partial charge in [0.1, 0.15) is 12.4 Å². The highest BCUT2D eigenvalue weighted by Gasteiger charge is 2.07. The smallest absolute Gasteiger partial charge is 0.320 e. The van der Waals surface area contributed by atoms with E-state index in [0.717, 1.165) is 5.75 Å². The molecule has 106 valence electrons. The molecule has 4 heteroatoms. The minimum Gasteiger partial charge on any atom is -0.492 e. The first-order valence-electron chi connectivity index (χ1n) is 6.56. The van der Waals surface area contributed by atoms with Gasteiger partial charge in [-0.1, -0.05) is 6.07 Å². The second-order valence-corrected chi connectivity index (χ2v) is 4.71. The Balaban J connectivity index is 2.31. The molecule has 0 fully saturated rings. The lowest BCUT2D eigenvalue weighted by Crippen LogP contribution is -2.31. The number of esters is 1. The highest BCUT2D eigenvalue weighted by atomic mass is 16.5. The first kappa shape index (κ1) is 15.5. The third-order valence-electron chi connectivity index (χ3n) is 2.64. The number of hydrogen-bond acceptors (Lipinski definition) is 4. The van der Waals surface area contributed by atoms with Crippen LogP contribution in [0.1, 0.15) is 18.1 Å². The summed E-state index contributed by atoms with van der Waals surface area (Å²) in [5, 5.41) is 0. The number of carbonyl (C=O) groups excluding carboxylic acids is 1. The molecule has 0 aliphatic heterocycles. The molecule has 0 aliphatic carbocycles. The van der Waals surface area contributed by atoms with Crippen molar-refractivity contribution in [3.8, 4) is 5.75 Å². The average molecular weight is 265 g/mol. The molecule has 1 aromatic carbocycles. The van der Waals surface area contributed by atoms with E-state index in [0.29, 0.717) is 26.3 Å². The summed E-state index contributed by atoms with van der Waals surface area (Å²) in [4.78, 5) is 13.2. The number of aryl methyl sites for hydroxylation is 2. The fourth-order valence-electron chi connectivity index (χ4n) is 1.84. The summed E-state index contributed by atoms with van der Waals surface area (Å²) < 4.78 is 10.6. The molecular weight excluding hydrogens is 242 g/mol. The van der Waals surface area contributed by atoms with Crippen LogP contribution in [0.2, 0.25) is 0 Å². The second kappa shape index (κ2) is 7.79. The van der Waals surface area contributed by atoms with Crippen molar-refractivity contribution in [2.45, 2.75) is 20.8 Å². The van der Waals surface area contributed by atoms with E-state index in [9.17, 15) is 4.79 Å². The van der Waals surface area contributed by atoms with Gasteiger partial charge in [-0.15, -0.1) is 0 Å².